The fraction of sp³-hybridized carbons (Fsp3) is 0.250. The van der Waals surface area contributed by atoms with E-state index in [9.17, 15) is 14.4 Å². The molecule has 2 heterocycles. The molecule has 7 nitrogen and oxygen atoms in total. The number of carbonyl (C=O) groups excluding carboxylic acids is 3. The molecule has 1 saturated heterocycles. The minimum Gasteiger partial charge on any atom is -0.349 e. The molecule has 1 aliphatic rings. The number of nitrogens with one attached hydrogen (secondary N) is 2. The van der Waals surface area contributed by atoms with Gasteiger partial charge in [0.15, 0.2) is 0 Å². The lowest BCUT2D eigenvalue weighted by Crippen LogP contribution is -2.38. The highest BCUT2D eigenvalue weighted by molar-refractivity contribution is 7.09. The Morgan fingerprint density at radius 2 is 2.08 bits per heavy atom. The minimum absolute atomic E-state index is 0.0156. The molecule has 0 aliphatic carbocycles. The molecule has 0 spiro atoms. The molecule has 2 aromatic rings. The smallest absolute Gasteiger partial charge is 0.324 e. The number of imide groups is 1. The molecule has 1 aromatic heterocycles. The van der Waals surface area contributed by atoms with Gasteiger partial charge in [-0.15, -0.1) is 11.3 Å². The summed E-state index contributed by atoms with van der Waals surface area (Å²) in [6, 6.07) is 9.49. The minimum atomic E-state index is -0.423. The van der Waals surface area contributed by atoms with Crippen LogP contribution in [0.2, 0.25) is 0 Å². The zero-order chi connectivity index (χ0) is 16.9. The van der Waals surface area contributed by atoms with E-state index in [4.69, 9.17) is 0 Å². The Kier molecular flexibility index (Phi) is 4.85. The second kappa shape index (κ2) is 7.22. The zero-order valence-electron chi connectivity index (χ0n) is 12.8. The molecule has 3 rings (SSSR count). The number of urea groups is 1. The lowest BCUT2D eigenvalue weighted by atomic mass is 10.2. The molecule has 2 N–H and O–H groups in total. The fourth-order valence-corrected chi connectivity index (χ4v) is 3.13. The highest BCUT2D eigenvalue weighted by Crippen LogP contribution is 2.14. The van der Waals surface area contributed by atoms with Crippen molar-refractivity contribution < 1.29 is 14.4 Å². The summed E-state index contributed by atoms with van der Waals surface area (Å²) in [5.41, 5.74) is 1.49. The summed E-state index contributed by atoms with van der Waals surface area (Å²) in [4.78, 5) is 40.3. The van der Waals surface area contributed by atoms with E-state index in [1.165, 1.54) is 11.3 Å². The van der Waals surface area contributed by atoms with Crippen LogP contribution >= 0.6 is 11.3 Å². The Hall–Kier alpha value is -2.74. The molecule has 4 amide bonds. The van der Waals surface area contributed by atoms with Crippen molar-refractivity contribution >= 4 is 29.2 Å². The van der Waals surface area contributed by atoms with E-state index in [1.807, 2.05) is 30.3 Å². The van der Waals surface area contributed by atoms with E-state index in [1.54, 1.807) is 5.38 Å². The van der Waals surface area contributed by atoms with Gasteiger partial charge in [-0.25, -0.2) is 9.78 Å². The van der Waals surface area contributed by atoms with Crippen molar-refractivity contribution in [3.05, 3.63) is 52.0 Å². The van der Waals surface area contributed by atoms with E-state index in [0.717, 1.165) is 15.5 Å². The maximum Gasteiger partial charge on any atom is 0.324 e. The van der Waals surface area contributed by atoms with Crippen molar-refractivity contribution in [2.24, 2.45) is 0 Å². The number of rotatable bonds is 6. The molecule has 1 aromatic carbocycles. The second-order valence-electron chi connectivity index (χ2n) is 5.25. The summed E-state index contributed by atoms with van der Waals surface area (Å²) in [7, 11) is 0. The van der Waals surface area contributed by atoms with Gasteiger partial charge >= 0.3 is 6.03 Å². The molecule has 0 atom stereocenters. The van der Waals surface area contributed by atoms with E-state index in [2.05, 4.69) is 15.6 Å². The molecular weight excluding hydrogens is 328 g/mol. The number of nitrogens with zero attached hydrogens (tertiary/aromatic N) is 2. The summed E-state index contributed by atoms with van der Waals surface area (Å²) < 4.78 is 0. The molecule has 0 bridgehead atoms. The van der Waals surface area contributed by atoms with Crippen LogP contribution in [0.3, 0.4) is 0 Å². The maximum absolute atomic E-state index is 12.1. The van der Waals surface area contributed by atoms with Gasteiger partial charge in [0.25, 0.3) is 5.91 Å². The topological polar surface area (TPSA) is 91.4 Å². The quantitative estimate of drug-likeness (QED) is 0.765. The third-order valence-corrected chi connectivity index (χ3v) is 4.39. The van der Waals surface area contributed by atoms with Crippen molar-refractivity contribution in [1.82, 2.24) is 20.5 Å². The Morgan fingerprint density at radius 3 is 2.79 bits per heavy atom. The number of amides is 4. The Labute approximate surface area is 142 Å². The van der Waals surface area contributed by atoms with Crippen LogP contribution in [-0.4, -0.2) is 47.4 Å². The van der Waals surface area contributed by atoms with E-state index >= 15 is 0 Å². The first kappa shape index (κ1) is 16.1. The van der Waals surface area contributed by atoms with E-state index in [0.29, 0.717) is 12.1 Å². The summed E-state index contributed by atoms with van der Waals surface area (Å²) in [6.45, 7) is 0.364. The van der Waals surface area contributed by atoms with E-state index < -0.39 is 6.03 Å². The van der Waals surface area contributed by atoms with Crippen LogP contribution in [0.4, 0.5) is 4.79 Å². The average molecular weight is 344 g/mol. The van der Waals surface area contributed by atoms with Gasteiger partial charge in [0.2, 0.25) is 5.91 Å². The molecular formula is C16H16N4O3S. The maximum atomic E-state index is 12.1. The van der Waals surface area contributed by atoms with Gasteiger partial charge in [-0.05, 0) is 5.56 Å². The first-order chi connectivity index (χ1) is 11.6. The summed E-state index contributed by atoms with van der Waals surface area (Å²) in [5.74, 6) is -0.592. The van der Waals surface area contributed by atoms with Crippen molar-refractivity contribution in [3.63, 3.8) is 0 Å². The highest BCUT2D eigenvalue weighted by Gasteiger charge is 2.27. The van der Waals surface area contributed by atoms with Gasteiger partial charge in [0.1, 0.15) is 5.69 Å². The average Bonchev–Trinajstić information content (AvgIpc) is 3.17. The number of hydrogen-bond acceptors (Lipinski definition) is 5. The van der Waals surface area contributed by atoms with Crippen molar-refractivity contribution in [2.45, 2.75) is 6.42 Å². The predicted octanol–water partition coefficient (Wildman–Crippen LogP) is 1.02. The fourth-order valence-electron chi connectivity index (χ4n) is 2.32. The third-order valence-electron chi connectivity index (χ3n) is 3.54. The van der Waals surface area contributed by atoms with Crippen LogP contribution in [0.15, 0.2) is 35.7 Å². The van der Waals surface area contributed by atoms with Gasteiger partial charge in [-0.3, -0.25) is 14.5 Å². The van der Waals surface area contributed by atoms with Crippen molar-refractivity contribution in [3.8, 4) is 0 Å². The largest absolute Gasteiger partial charge is 0.349 e. The van der Waals surface area contributed by atoms with Gasteiger partial charge in [0.05, 0.1) is 11.6 Å². The molecule has 124 valence electrons. The van der Waals surface area contributed by atoms with Gasteiger partial charge < -0.3 is 10.6 Å². The van der Waals surface area contributed by atoms with Crippen LogP contribution in [0.1, 0.15) is 21.1 Å². The van der Waals surface area contributed by atoms with Crippen LogP contribution in [0, 0.1) is 0 Å². The first-order valence-corrected chi connectivity index (χ1v) is 8.36. The molecule has 0 radical (unpaired) electrons. The van der Waals surface area contributed by atoms with E-state index in [-0.39, 0.29) is 31.4 Å². The van der Waals surface area contributed by atoms with Gasteiger partial charge in [-0.1, -0.05) is 30.3 Å². The molecule has 1 fully saturated rings. The second-order valence-corrected chi connectivity index (χ2v) is 6.19. The molecule has 8 heteroatoms. The first-order valence-electron chi connectivity index (χ1n) is 7.48. The van der Waals surface area contributed by atoms with Crippen molar-refractivity contribution in [1.29, 1.82) is 0 Å². The Balaban J connectivity index is 1.50. The van der Waals surface area contributed by atoms with Gasteiger partial charge in [0, 0.05) is 24.9 Å². The standard InChI is InChI=1S/C16H16N4O3S/c21-14-9-18-16(23)20(14)7-6-17-15(22)12-10-24-13(19-12)8-11-4-2-1-3-5-11/h1-5,10H,6-9H2,(H,17,22)(H,18,23). The molecule has 0 saturated carbocycles. The molecule has 24 heavy (non-hydrogen) atoms. The summed E-state index contributed by atoms with van der Waals surface area (Å²) >= 11 is 1.43. The number of aromatic nitrogens is 1. The Morgan fingerprint density at radius 1 is 1.29 bits per heavy atom. The molecule has 1 aliphatic heterocycles. The third kappa shape index (κ3) is 3.77. The van der Waals surface area contributed by atoms with Crippen LogP contribution in [0.25, 0.3) is 0 Å². The zero-order valence-corrected chi connectivity index (χ0v) is 13.6. The summed E-state index contributed by atoms with van der Waals surface area (Å²) in [6.07, 6.45) is 0.682. The monoisotopic (exact) mass is 344 g/mol. The molecule has 0 unspecified atom stereocenters. The lowest BCUT2D eigenvalue weighted by Gasteiger charge is -2.12. The SMILES string of the molecule is O=C(NCCN1C(=O)CNC1=O)c1csc(Cc2ccccc2)n1. The normalized spacial score (nSPS) is 13.9. The number of thiazole rings is 1. The summed E-state index contributed by atoms with van der Waals surface area (Å²) in [5, 5.41) is 7.68. The van der Waals surface area contributed by atoms with Crippen LogP contribution < -0.4 is 10.6 Å². The number of carbonyl (C=O) groups is 3. The highest BCUT2D eigenvalue weighted by atomic mass is 32.1. The number of benzene rings is 1. The predicted molar refractivity (Wildman–Crippen MR) is 88.8 cm³/mol. The van der Waals surface area contributed by atoms with Gasteiger partial charge in [-0.2, -0.15) is 0 Å². The van der Waals surface area contributed by atoms with Crippen LogP contribution in [0.5, 0.6) is 0 Å². The number of hydrogen-bond donors (Lipinski definition) is 2. The van der Waals surface area contributed by atoms with Crippen molar-refractivity contribution in [2.75, 3.05) is 19.6 Å². The Bertz CT molecular complexity index is 744. The van der Waals surface area contributed by atoms with Crippen LogP contribution in [-0.2, 0) is 11.2 Å². The lowest BCUT2D eigenvalue weighted by molar-refractivity contribution is -0.124.